The summed E-state index contributed by atoms with van der Waals surface area (Å²) in [5.41, 5.74) is 6.05. The Kier molecular flexibility index (Phi) is 9.48. The maximum atomic E-state index is 12.2. The smallest absolute Gasteiger partial charge is 0.408 e. The molecule has 2 atom stereocenters. The molecule has 0 spiro atoms. The second-order valence-corrected chi connectivity index (χ2v) is 5.62. The zero-order valence-electron chi connectivity index (χ0n) is 14.5. The van der Waals surface area contributed by atoms with Crippen LogP contribution >= 0.6 is 0 Å². The highest BCUT2D eigenvalue weighted by molar-refractivity contribution is 5.90. The molecule has 0 fully saturated rings. The molecule has 8 heteroatoms. The minimum Gasteiger partial charge on any atom is -0.445 e. The third-order valence-electron chi connectivity index (χ3n) is 3.56. The number of allylic oxidation sites excluding steroid dienone is 1. The third kappa shape index (κ3) is 7.80. The summed E-state index contributed by atoms with van der Waals surface area (Å²) < 4.78 is 5.00. The van der Waals surface area contributed by atoms with Gasteiger partial charge in [0.15, 0.2) is 0 Å². The van der Waals surface area contributed by atoms with Crippen LogP contribution in [0.5, 0.6) is 0 Å². The quantitative estimate of drug-likeness (QED) is 0.338. The maximum absolute atomic E-state index is 12.2. The van der Waals surface area contributed by atoms with E-state index in [0.29, 0.717) is 19.3 Å². The lowest BCUT2D eigenvalue weighted by Gasteiger charge is -2.20. The van der Waals surface area contributed by atoms with E-state index in [1.165, 1.54) is 0 Å². The number of ether oxygens (including phenoxy) is 1. The Labute approximate surface area is 152 Å². The fourth-order valence-corrected chi connectivity index (χ4v) is 2.13. The molecule has 0 saturated heterocycles. The van der Waals surface area contributed by atoms with E-state index in [2.05, 4.69) is 17.2 Å². The molecule has 1 rings (SSSR count). The van der Waals surface area contributed by atoms with Crippen LogP contribution < -0.4 is 16.4 Å². The van der Waals surface area contributed by atoms with Crippen molar-refractivity contribution in [1.82, 2.24) is 10.6 Å². The number of benzene rings is 1. The van der Waals surface area contributed by atoms with Gasteiger partial charge in [-0.3, -0.25) is 9.59 Å². The van der Waals surface area contributed by atoms with Gasteiger partial charge in [0.05, 0.1) is 6.61 Å². The van der Waals surface area contributed by atoms with E-state index in [1.807, 2.05) is 6.07 Å². The lowest BCUT2D eigenvalue weighted by molar-refractivity contribution is -0.129. The maximum Gasteiger partial charge on any atom is 0.408 e. The van der Waals surface area contributed by atoms with Crippen molar-refractivity contribution in [2.24, 2.45) is 5.73 Å². The summed E-state index contributed by atoms with van der Waals surface area (Å²) in [4.78, 5) is 35.4. The predicted octanol–water partition coefficient (Wildman–Crippen LogP) is 0.600. The molecule has 26 heavy (non-hydrogen) atoms. The van der Waals surface area contributed by atoms with Crippen molar-refractivity contribution in [1.29, 1.82) is 0 Å². The van der Waals surface area contributed by atoms with Crippen molar-refractivity contribution in [2.75, 3.05) is 6.61 Å². The van der Waals surface area contributed by atoms with Gasteiger partial charge < -0.3 is 26.2 Å². The first-order chi connectivity index (χ1) is 12.5. The highest BCUT2D eigenvalue weighted by atomic mass is 16.5. The van der Waals surface area contributed by atoms with Crippen molar-refractivity contribution >= 4 is 17.9 Å². The van der Waals surface area contributed by atoms with Crippen molar-refractivity contribution in [3.05, 3.63) is 48.6 Å². The molecule has 0 saturated carbocycles. The van der Waals surface area contributed by atoms with Gasteiger partial charge in [-0.2, -0.15) is 0 Å². The number of carbonyl (C=O) groups excluding carboxylic acids is 3. The normalized spacial score (nSPS) is 12.5. The fourth-order valence-electron chi connectivity index (χ4n) is 2.13. The Morgan fingerprint density at radius 3 is 2.46 bits per heavy atom. The topological polar surface area (TPSA) is 131 Å². The average Bonchev–Trinajstić information content (AvgIpc) is 2.64. The van der Waals surface area contributed by atoms with E-state index in [1.54, 1.807) is 30.3 Å². The highest BCUT2D eigenvalue weighted by Gasteiger charge is 2.25. The predicted molar refractivity (Wildman–Crippen MR) is 95.8 cm³/mol. The minimum atomic E-state index is -1.25. The van der Waals surface area contributed by atoms with Crippen LogP contribution in [0, 0.1) is 0 Å². The van der Waals surface area contributed by atoms with Crippen LogP contribution in [0.4, 0.5) is 4.79 Å². The van der Waals surface area contributed by atoms with Gasteiger partial charge in [-0.1, -0.05) is 36.4 Å². The van der Waals surface area contributed by atoms with Crippen molar-refractivity contribution in [2.45, 2.75) is 38.0 Å². The molecule has 142 valence electrons. The second-order valence-electron chi connectivity index (χ2n) is 5.62. The molecule has 1 aromatic carbocycles. The number of aliphatic hydroxyl groups excluding tert-OH is 1. The van der Waals surface area contributed by atoms with Crippen LogP contribution in [0.1, 0.15) is 24.8 Å². The Morgan fingerprint density at radius 1 is 1.19 bits per heavy atom. The van der Waals surface area contributed by atoms with Gasteiger partial charge in [-0.05, 0) is 24.8 Å². The molecule has 0 aromatic heterocycles. The largest absolute Gasteiger partial charge is 0.445 e. The summed E-state index contributed by atoms with van der Waals surface area (Å²) in [6.07, 6.45) is 2.47. The number of amides is 3. The Hall–Kier alpha value is -2.87. The molecular formula is C18H25N3O5. The Balaban J connectivity index is 2.51. The Bertz CT molecular complexity index is 606. The monoisotopic (exact) mass is 363 g/mol. The summed E-state index contributed by atoms with van der Waals surface area (Å²) in [7, 11) is 0. The lowest BCUT2D eigenvalue weighted by Crippen LogP contribution is -2.54. The molecule has 0 heterocycles. The number of carbonyl (C=O) groups is 3. The van der Waals surface area contributed by atoms with Crippen LogP contribution in [0.15, 0.2) is 43.0 Å². The zero-order chi connectivity index (χ0) is 19.4. The molecule has 3 amide bonds. The van der Waals surface area contributed by atoms with E-state index in [9.17, 15) is 19.5 Å². The van der Waals surface area contributed by atoms with Gasteiger partial charge in [0.1, 0.15) is 18.7 Å². The SMILES string of the molecule is C=CCCC[C@H](NC(=O)[C@H](CO)NC(=O)OCc1ccccc1)C(N)=O. The van der Waals surface area contributed by atoms with Crippen molar-refractivity contribution in [3.8, 4) is 0 Å². The highest BCUT2D eigenvalue weighted by Crippen LogP contribution is 2.03. The van der Waals surface area contributed by atoms with Gasteiger partial charge in [0, 0.05) is 0 Å². The van der Waals surface area contributed by atoms with E-state index < -0.39 is 36.6 Å². The van der Waals surface area contributed by atoms with Gasteiger partial charge in [0.25, 0.3) is 0 Å². The van der Waals surface area contributed by atoms with Crippen LogP contribution in [0.25, 0.3) is 0 Å². The number of nitrogens with one attached hydrogen (secondary N) is 2. The summed E-state index contributed by atoms with van der Waals surface area (Å²) in [5.74, 6) is -1.41. The van der Waals surface area contributed by atoms with E-state index in [-0.39, 0.29) is 6.61 Å². The Morgan fingerprint density at radius 2 is 1.88 bits per heavy atom. The zero-order valence-corrected chi connectivity index (χ0v) is 14.5. The molecule has 0 bridgehead atoms. The van der Waals surface area contributed by atoms with Gasteiger partial charge in [-0.15, -0.1) is 6.58 Å². The molecule has 0 unspecified atom stereocenters. The first kappa shape index (κ1) is 21.2. The minimum absolute atomic E-state index is 0.0257. The molecule has 0 aliphatic carbocycles. The van der Waals surface area contributed by atoms with Crippen LogP contribution in [0.2, 0.25) is 0 Å². The first-order valence-corrected chi connectivity index (χ1v) is 8.26. The van der Waals surface area contributed by atoms with Gasteiger partial charge in [-0.25, -0.2) is 4.79 Å². The molecule has 5 N–H and O–H groups in total. The summed E-state index contributed by atoms with van der Waals surface area (Å²) in [5, 5.41) is 14.0. The van der Waals surface area contributed by atoms with Crippen LogP contribution in [0.3, 0.4) is 0 Å². The summed E-state index contributed by atoms with van der Waals surface area (Å²) in [6.45, 7) is 2.96. The number of hydrogen-bond acceptors (Lipinski definition) is 5. The van der Waals surface area contributed by atoms with Crippen LogP contribution in [-0.4, -0.2) is 41.7 Å². The second kappa shape index (κ2) is 11.6. The van der Waals surface area contributed by atoms with Crippen molar-refractivity contribution < 1.29 is 24.2 Å². The van der Waals surface area contributed by atoms with Gasteiger partial charge >= 0.3 is 6.09 Å². The third-order valence-corrected chi connectivity index (χ3v) is 3.56. The number of alkyl carbamates (subject to hydrolysis) is 1. The summed E-state index contributed by atoms with van der Waals surface area (Å²) >= 11 is 0. The fraction of sp³-hybridized carbons (Fsp3) is 0.389. The number of unbranched alkanes of at least 4 members (excludes halogenated alkanes) is 1. The summed E-state index contributed by atoms with van der Waals surface area (Å²) in [6, 6.07) is 6.86. The average molecular weight is 363 g/mol. The lowest BCUT2D eigenvalue weighted by atomic mass is 10.1. The van der Waals surface area contributed by atoms with E-state index in [0.717, 1.165) is 5.56 Å². The standard InChI is InChI=1S/C18H25N3O5/c1-2-3-5-10-14(16(19)23)20-17(24)15(11-22)21-18(25)26-12-13-8-6-4-7-9-13/h2,4,6-9,14-15,22H,1,3,5,10-12H2,(H2,19,23)(H,20,24)(H,21,25)/t14-,15-/m0/s1. The molecule has 0 aliphatic rings. The van der Waals surface area contributed by atoms with E-state index in [4.69, 9.17) is 10.5 Å². The molecular weight excluding hydrogens is 338 g/mol. The van der Waals surface area contributed by atoms with Crippen molar-refractivity contribution in [3.63, 3.8) is 0 Å². The molecule has 0 aliphatic heterocycles. The number of rotatable bonds is 11. The van der Waals surface area contributed by atoms with Gasteiger partial charge in [0.2, 0.25) is 11.8 Å². The first-order valence-electron chi connectivity index (χ1n) is 8.26. The molecule has 1 aromatic rings. The molecule has 0 radical (unpaired) electrons. The number of primary amides is 1. The van der Waals surface area contributed by atoms with Crippen LogP contribution in [-0.2, 0) is 20.9 Å². The number of nitrogens with two attached hydrogens (primary N) is 1. The molecule has 8 nitrogen and oxygen atoms in total. The number of hydrogen-bond donors (Lipinski definition) is 4. The number of aliphatic hydroxyl groups is 1. The van der Waals surface area contributed by atoms with E-state index >= 15 is 0 Å².